The summed E-state index contributed by atoms with van der Waals surface area (Å²) in [7, 11) is 0. The lowest BCUT2D eigenvalue weighted by molar-refractivity contribution is 0.568. The molecule has 3 heteroatoms. The van der Waals surface area contributed by atoms with Crippen LogP contribution in [0.15, 0.2) is 144 Å². The van der Waals surface area contributed by atoms with Gasteiger partial charge in [-0.05, 0) is 75.4 Å². The van der Waals surface area contributed by atoms with Crippen LogP contribution in [0.2, 0.25) is 0 Å². The Bertz CT molecular complexity index is 1790. The summed E-state index contributed by atoms with van der Waals surface area (Å²) in [6.07, 6.45) is 24.3. The number of hydrogen-bond acceptors (Lipinski definition) is 3. The van der Waals surface area contributed by atoms with Gasteiger partial charge in [0.1, 0.15) is 5.01 Å². The van der Waals surface area contributed by atoms with Crippen molar-refractivity contribution >= 4 is 27.1 Å². The average molecular weight is 491 g/mol. The Labute approximate surface area is 219 Å². The van der Waals surface area contributed by atoms with Crippen LogP contribution >= 0.6 is 11.3 Å². The van der Waals surface area contributed by atoms with E-state index in [1.807, 2.05) is 18.5 Å². The van der Waals surface area contributed by atoms with Crippen molar-refractivity contribution in [1.29, 1.82) is 0 Å². The lowest BCUT2D eigenvalue weighted by Gasteiger charge is -2.41. The molecule has 0 radical (unpaired) electrons. The molecule has 0 N–H and O–H groups in total. The number of benzene rings is 2. The zero-order chi connectivity index (χ0) is 24.3. The van der Waals surface area contributed by atoms with Gasteiger partial charge in [-0.25, -0.2) is 4.98 Å². The van der Waals surface area contributed by atoms with E-state index in [4.69, 9.17) is 4.98 Å². The van der Waals surface area contributed by atoms with E-state index in [0.29, 0.717) is 11.8 Å². The van der Waals surface area contributed by atoms with Crippen molar-refractivity contribution in [3.63, 3.8) is 0 Å². The summed E-state index contributed by atoms with van der Waals surface area (Å²) in [5.41, 5.74) is 12.6. The smallest absolute Gasteiger partial charge is 0.124 e. The van der Waals surface area contributed by atoms with Gasteiger partial charge in [0.25, 0.3) is 0 Å². The van der Waals surface area contributed by atoms with E-state index in [0.717, 1.165) is 27.2 Å². The molecule has 0 spiro atoms. The molecule has 174 valence electrons. The van der Waals surface area contributed by atoms with Crippen molar-refractivity contribution in [2.75, 3.05) is 0 Å². The minimum atomic E-state index is 0.356. The highest BCUT2D eigenvalue weighted by atomic mass is 32.1. The van der Waals surface area contributed by atoms with Crippen molar-refractivity contribution in [3.05, 3.63) is 150 Å². The fourth-order valence-electron chi connectivity index (χ4n) is 6.09. The number of aromatic nitrogens is 2. The van der Waals surface area contributed by atoms with Crippen LogP contribution in [0.3, 0.4) is 0 Å². The van der Waals surface area contributed by atoms with Crippen molar-refractivity contribution in [2.24, 2.45) is 11.8 Å². The monoisotopic (exact) mass is 490 g/mol. The summed E-state index contributed by atoms with van der Waals surface area (Å²) in [6.45, 7) is 0. The molecule has 2 atom stereocenters. The van der Waals surface area contributed by atoms with E-state index < -0.39 is 0 Å². The van der Waals surface area contributed by atoms with Gasteiger partial charge in [-0.15, -0.1) is 11.3 Å². The topological polar surface area (TPSA) is 25.8 Å². The third-order valence-electron chi connectivity index (χ3n) is 7.76. The van der Waals surface area contributed by atoms with Crippen LogP contribution < -0.4 is 0 Å². The second-order valence-corrected chi connectivity index (χ2v) is 10.9. The Morgan fingerprint density at radius 2 is 1.49 bits per heavy atom. The molecule has 0 bridgehead atoms. The summed E-state index contributed by atoms with van der Waals surface area (Å²) in [6, 6.07) is 19.4. The van der Waals surface area contributed by atoms with Crippen LogP contribution in [0.25, 0.3) is 37.5 Å². The lowest BCUT2D eigenvalue weighted by atomic mass is 9.62. The van der Waals surface area contributed by atoms with E-state index in [-0.39, 0.29) is 0 Å². The molecule has 2 unspecified atom stereocenters. The number of thiazole rings is 1. The molecule has 2 aromatic heterocycles. The number of fused-ring (bicyclic) bond motifs is 1. The highest BCUT2D eigenvalue weighted by molar-refractivity contribution is 7.21. The van der Waals surface area contributed by atoms with E-state index in [1.165, 1.54) is 38.1 Å². The zero-order valence-electron chi connectivity index (χ0n) is 20.0. The maximum Gasteiger partial charge on any atom is 0.124 e. The van der Waals surface area contributed by atoms with Gasteiger partial charge in [0.15, 0.2) is 0 Å². The molecular weight excluding hydrogens is 468 g/mol. The molecule has 2 aromatic carbocycles. The minimum absolute atomic E-state index is 0.356. The van der Waals surface area contributed by atoms with Crippen LogP contribution in [0.4, 0.5) is 0 Å². The zero-order valence-corrected chi connectivity index (χ0v) is 20.8. The van der Waals surface area contributed by atoms with Crippen LogP contribution in [-0.4, -0.2) is 9.97 Å². The normalized spacial score (nSPS) is 21.0. The molecule has 0 saturated carbocycles. The number of pyridine rings is 1. The summed E-state index contributed by atoms with van der Waals surface area (Å²) >= 11 is 1.75. The van der Waals surface area contributed by atoms with E-state index in [9.17, 15) is 0 Å². The fourth-order valence-corrected chi connectivity index (χ4v) is 7.04. The van der Waals surface area contributed by atoms with Gasteiger partial charge in [-0.1, -0.05) is 72.9 Å². The first-order chi connectivity index (χ1) is 18.3. The highest BCUT2D eigenvalue weighted by Gasteiger charge is 2.39. The molecule has 2 nitrogen and oxygen atoms in total. The number of rotatable bonds is 3. The van der Waals surface area contributed by atoms with Gasteiger partial charge in [-0.2, -0.15) is 0 Å². The van der Waals surface area contributed by atoms with Crippen LogP contribution in [0.1, 0.15) is 5.56 Å². The standard InChI is InChI=1S/C34H22N2S/c1-2-12-31-30(11-1)36-34(37-31)27-17-25(24-9-5-15-35-20-24)16-26(18-27)29-19-23-8-3-6-21-13-14-22-7-4-10-28(29)33(22)32(21)23/h1-20,32-33H. The highest BCUT2D eigenvalue weighted by Crippen LogP contribution is 2.53. The van der Waals surface area contributed by atoms with Gasteiger partial charge in [0, 0.05) is 35.4 Å². The average Bonchev–Trinajstić information content (AvgIpc) is 3.41. The Morgan fingerprint density at radius 1 is 0.676 bits per heavy atom. The van der Waals surface area contributed by atoms with Crippen LogP contribution in [0.5, 0.6) is 0 Å². The predicted molar refractivity (Wildman–Crippen MR) is 154 cm³/mol. The second kappa shape index (κ2) is 8.09. The fraction of sp³-hybridized carbons (Fsp3) is 0.0588. The van der Waals surface area contributed by atoms with E-state index >= 15 is 0 Å². The molecular formula is C34H22N2S. The summed E-state index contributed by atoms with van der Waals surface area (Å²) in [5.74, 6) is 0.754. The molecule has 0 fully saturated rings. The van der Waals surface area contributed by atoms with E-state index in [1.54, 1.807) is 11.3 Å². The quantitative estimate of drug-likeness (QED) is 0.288. The molecule has 0 saturated heterocycles. The van der Waals surface area contributed by atoms with Crippen molar-refractivity contribution in [1.82, 2.24) is 9.97 Å². The van der Waals surface area contributed by atoms with E-state index in [2.05, 4.69) is 108 Å². The summed E-state index contributed by atoms with van der Waals surface area (Å²) < 4.78 is 1.21. The van der Waals surface area contributed by atoms with Gasteiger partial charge < -0.3 is 0 Å². The molecule has 0 aliphatic heterocycles. The predicted octanol–water partition coefficient (Wildman–Crippen LogP) is 8.51. The first-order valence-corrected chi connectivity index (χ1v) is 13.5. The Hall–Kier alpha value is -4.34. The molecule has 4 aliphatic rings. The van der Waals surface area contributed by atoms with Gasteiger partial charge in [0.05, 0.1) is 10.2 Å². The summed E-state index contributed by atoms with van der Waals surface area (Å²) in [4.78, 5) is 9.41. The number of para-hydroxylation sites is 1. The van der Waals surface area contributed by atoms with Crippen molar-refractivity contribution in [3.8, 4) is 21.7 Å². The molecule has 4 aromatic rings. The van der Waals surface area contributed by atoms with Gasteiger partial charge >= 0.3 is 0 Å². The molecule has 0 amide bonds. The summed E-state index contributed by atoms with van der Waals surface area (Å²) in [5, 5.41) is 1.04. The Balaban J connectivity index is 1.36. The molecule has 4 aliphatic carbocycles. The van der Waals surface area contributed by atoms with Crippen molar-refractivity contribution < 1.29 is 0 Å². The lowest BCUT2D eigenvalue weighted by Crippen LogP contribution is -2.29. The molecule has 37 heavy (non-hydrogen) atoms. The molecule has 2 heterocycles. The Kier molecular flexibility index (Phi) is 4.55. The van der Waals surface area contributed by atoms with Gasteiger partial charge in [0.2, 0.25) is 0 Å². The number of nitrogens with zero attached hydrogens (tertiary/aromatic N) is 2. The third kappa shape index (κ3) is 3.32. The molecule has 8 rings (SSSR count). The maximum absolute atomic E-state index is 5.00. The van der Waals surface area contributed by atoms with Crippen molar-refractivity contribution in [2.45, 2.75) is 0 Å². The largest absolute Gasteiger partial charge is 0.264 e. The number of hydrogen-bond donors (Lipinski definition) is 0. The minimum Gasteiger partial charge on any atom is -0.264 e. The first-order valence-electron chi connectivity index (χ1n) is 12.6. The maximum atomic E-state index is 5.00. The Morgan fingerprint density at radius 3 is 2.35 bits per heavy atom. The second-order valence-electron chi connectivity index (χ2n) is 9.88. The van der Waals surface area contributed by atoms with Crippen LogP contribution in [-0.2, 0) is 0 Å². The first kappa shape index (κ1) is 20.8. The SMILES string of the molecule is C1=CC2=CC=C3C=CC=C4C(c5cc(-c6cccnc6)cc(-c6nc7ccccc7s6)c5)=CC(=C1)C2C34. The van der Waals surface area contributed by atoms with Crippen LogP contribution in [0, 0.1) is 11.8 Å². The van der Waals surface area contributed by atoms with Gasteiger partial charge in [-0.3, -0.25) is 4.98 Å². The number of allylic oxidation sites excluding steroid dienone is 14. The third-order valence-corrected chi connectivity index (χ3v) is 8.84.